The molecule has 0 spiro atoms. The van der Waals surface area contributed by atoms with Crippen molar-refractivity contribution in [2.45, 2.75) is 39.3 Å². The van der Waals surface area contributed by atoms with E-state index in [-0.39, 0.29) is 5.91 Å². The van der Waals surface area contributed by atoms with E-state index in [1.54, 1.807) is 18.4 Å². The smallest absolute Gasteiger partial charge is 0.227 e. The highest BCUT2D eigenvalue weighted by atomic mass is 32.1. The fourth-order valence-electron chi connectivity index (χ4n) is 2.89. The molecule has 1 aliphatic rings. The molecule has 0 unspecified atom stereocenters. The number of nitrogens with zero attached hydrogens (tertiary/aromatic N) is 3. The maximum absolute atomic E-state index is 11.8. The number of carbonyl (C=O) groups excluding carboxylic acids is 1. The Kier molecular flexibility index (Phi) is 6.22. The van der Waals surface area contributed by atoms with Gasteiger partial charge in [0.15, 0.2) is 5.96 Å². The number of carbonyl (C=O) groups is 1. The summed E-state index contributed by atoms with van der Waals surface area (Å²) in [4.78, 5) is 22.5. The Morgan fingerprint density at radius 2 is 2.04 bits per heavy atom. The zero-order valence-corrected chi connectivity index (χ0v) is 16.1. The van der Waals surface area contributed by atoms with E-state index in [1.165, 1.54) is 0 Å². The third-order valence-electron chi connectivity index (χ3n) is 4.34. The molecule has 1 amide bonds. The minimum Gasteiger partial charge on any atom is -0.352 e. The second-order valence-electron chi connectivity index (χ2n) is 6.18. The third kappa shape index (κ3) is 4.60. The average molecular weight is 372 g/mol. The second-order valence-corrected chi connectivity index (χ2v) is 7.12. The Bertz CT molecular complexity index is 768. The summed E-state index contributed by atoms with van der Waals surface area (Å²) in [7, 11) is 1.76. The van der Waals surface area contributed by atoms with Crippen LogP contribution in [-0.4, -0.2) is 30.4 Å². The molecule has 1 aromatic carbocycles. The first-order valence-electron chi connectivity index (χ1n) is 8.96. The molecule has 2 N–H and O–H groups in total. The van der Waals surface area contributed by atoms with Crippen LogP contribution in [0.15, 0.2) is 34.6 Å². The van der Waals surface area contributed by atoms with Crippen molar-refractivity contribution in [2.75, 3.05) is 18.5 Å². The number of aliphatic imine (C=N–C) groups is 1. The van der Waals surface area contributed by atoms with Crippen LogP contribution in [0.1, 0.15) is 36.0 Å². The largest absolute Gasteiger partial charge is 0.352 e. The molecule has 6 nitrogen and oxygen atoms in total. The van der Waals surface area contributed by atoms with Gasteiger partial charge >= 0.3 is 0 Å². The summed E-state index contributed by atoms with van der Waals surface area (Å²) >= 11 is 1.69. The van der Waals surface area contributed by atoms with Gasteiger partial charge in [0.1, 0.15) is 0 Å². The summed E-state index contributed by atoms with van der Waals surface area (Å²) in [6.07, 6.45) is 2.57. The number of hydrogen-bond donors (Lipinski definition) is 2. The maximum atomic E-state index is 11.8. The van der Waals surface area contributed by atoms with Crippen LogP contribution in [0.3, 0.4) is 0 Å². The van der Waals surface area contributed by atoms with Crippen molar-refractivity contribution in [3.05, 3.63) is 45.9 Å². The number of rotatable bonds is 6. The first-order valence-corrected chi connectivity index (χ1v) is 9.84. The van der Waals surface area contributed by atoms with Crippen molar-refractivity contribution in [3.63, 3.8) is 0 Å². The van der Waals surface area contributed by atoms with E-state index >= 15 is 0 Å². The normalized spacial score (nSPS) is 14.8. The number of nitrogens with one attached hydrogen (secondary N) is 2. The van der Waals surface area contributed by atoms with Crippen molar-refractivity contribution in [1.82, 2.24) is 15.6 Å². The lowest BCUT2D eigenvalue weighted by molar-refractivity contribution is -0.117. The van der Waals surface area contributed by atoms with Crippen LogP contribution in [0.5, 0.6) is 0 Å². The number of anilines is 1. The van der Waals surface area contributed by atoms with Crippen molar-refractivity contribution in [1.29, 1.82) is 0 Å². The van der Waals surface area contributed by atoms with Crippen molar-refractivity contribution in [2.24, 2.45) is 4.99 Å². The van der Waals surface area contributed by atoms with Gasteiger partial charge in [0, 0.05) is 37.6 Å². The molecule has 0 aliphatic carbocycles. The molecule has 1 aliphatic heterocycles. The van der Waals surface area contributed by atoms with Crippen LogP contribution < -0.4 is 15.5 Å². The zero-order valence-electron chi connectivity index (χ0n) is 15.3. The van der Waals surface area contributed by atoms with Gasteiger partial charge in [-0.1, -0.05) is 19.1 Å². The highest BCUT2D eigenvalue weighted by Crippen LogP contribution is 2.21. The lowest BCUT2D eigenvalue weighted by Crippen LogP contribution is -2.36. The highest BCUT2D eigenvalue weighted by Gasteiger charge is 2.21. The van der Waals surface area contributed by atoms with Crippen LogP contribution in [0.2, 0.25) is 0 Å². The SMILES string of the molecule is CCc1nc(CNC(=NC)NCc2ccc(N3CCCC3=O)cc2)cs1. The van der Waals surface area contributed by atoms with Gasteiger partial charge in [-0.15, -0.1) is 11.3 Å². The minimum atomic E-state index is 0.216. The van der Waals surface area contributed by atoms with Gasteiger partial charge in [-0.3, -0.25) is 9.79 Å². The molecule has 7 heteroatoms. The molecule has 2 aromatic rings. The summed E-state index contributed by atoms with van der Waals surface area (Å²) in [5.74, 6) is 0.962. The predicted molar refractivity (Wildman–Crippen MR) is 107 cm³/mol. The average Bonchev–Trinajstić information content (AvgIpc) is 3.31. The molecule has 0 radical (unpaired) electrons. The van der Waals surface area contributed by atoms with Crippen LogP contribution in [0.4, 0.5) is 5.69 Å². The van der Waals surface area contributed by atoms with Gasteiger partial charge < -0.3 is 15.5 Å². The first-order chi connectivity index (χ1) is 12.7. The lowest BCUT2D eigenvalue weighted by atomic mass is 10.2. The van der Waals surface area contributed by atoms with E-state index in [1.807, 2.05) is 17.0 Å². The van der Waals surface area contributed by atoms with Gasteiger partial charge in [0.2, 0.25) is 5.91 Å². The third-order valence-corrected chi connectivity index (χ3v) is 5.39. The number of amides is 1. The van der Waals surface area contributed by atoms with Gasteiger partial charge in [-0.05, 0) is 30.5 Å². The van der Waals surface area contributed by atoms with Crippen molar-refractivity contribution < 1.29 is 4.79 Å². The standard InChI is InChI=1S/C19H25N5OS/c1-3-17-23-15(13-26-17)12-22-19(20-2)21-11-14-6-8-16(9-7-14)24-10-4-5-18(24)25/h6-9,13H,3-5,10-12H2,1-2H3,(H2,20,21,22). The Labute approximate surface area is 158 Å². The van der Waals surface area contributed by atoms with E-state index in [2.05, 4.69) is 45.0 Å². The van der Waals surface area contributed by atoms with Crippen LogP contribution in [0.25, 0.3) is 0 Å². The Morgan fingerprint density at radius 3 is 2.65 bits per heavy atom. The molecular weight excluding hydrogens is 346 g/mol. The predicted octanol–water partition coefficient (Wildman–Crippen LogP) is 2.70. The number of benzene rings is 1. The number of aryl methyl sites for hydroxylation is 1. The monoisotopic (exact) mass is 371 g/mol. The molecule has 1 saturated heterocycles. The number of thiazole rings is 1. The fourth-order valence-corrected chi connectivity index (χ4v) is 3.63. The lowest BCUT2D eigenvalue weighted by Gasteiger charge is -2.16. The number of aromatic nitrogens is 1. The van der Waals surface area contributed by atoms with E-state index in [4.69, 9.17) is 0 Å². The van der Waals surface area contributed by atoms with Crippen molar-refractivity contribution in [3.8, 4) is 0 Å². The maximum Gasteiger partial charge on any atom is 0.227 e. The van der Waals surface area contributed by atoms with Gasteiger partial charge in [0.05, 0.1) is 17.2 Å². The van der Waals surface area contributed by atoms with Gasteiger partial charge in [0.25, 0.3) is 0 Å². The second kappa shape index (κ2) is 8.80. The molecule has 1 aromatic heterocycles. The van der Waals surface area contributed by atoms with E-state index in [9.17, 15) is 4.79 Å². The summed E-state index contributed by atoms with van der Waals surface area (Å²) in [6.45, 7) is 4.27. The first kappa shape index (κ1) is 18.4. The molecule has 3 rings (SSSR count). The molecule has 0 bridgehead atoms. The van der Waals surface area contributed by atoms with Crippen LogP contribution in [-0.2, 0) is 24.3 Å². The summed E-state index contributed by atoms with van der Waals surface area (Å²) in [5.41, 5.74) is 3.16. The van der Waals surface area contributed by atoms with Crippen molar-refractivity contribution >= 4 is 28.9 Å². The highest BCUT2D eigenvalue weighted by molar-refractivity contribution is 7.09. The van der Waals surface area contributed by atoms with Crippen LogP contribution in [0, 0.1) is 0 Å². The molecule has 0 atom stereocenters. The molecule has 0 saturated carbocycles. The number of hydrogen-bond acceptors (Lipinski definition) is 4. The number of guanidine groups is 1. The Balaban J connectivity index is 1.49. The molecule has 138 valence electrons. The quantitative estimate of drug-likeness (QED) is 0.605. The van der Waals surface area contributed by atoms with E-state index in [0.717, 1.165) is 47.3 Å². The molecular formula is C19H25N5OS. The van der Waals surface area contributed by atoms with E-state index in [0.29, 0.717) is 19.5 Å². The van der Waals surface area contributed by atoms with E-state index < -0.39 is 0 Å². The summed E-state index contributed by atoms with van der Waals surface area (Å²) < 4.78 is 0. The minimum absolute atomic E-state index is 0.216. The van der Waals surface area contributed by atoms with Gasteiger partial charge in [-0.25, -0.2) is 4.98 Å². The topological polar surface area (TPSA) is 69.6 Å². The Morgan fingerprint density at radius 1 is 1.27 bits per heavy atom. The van der Waals surface area contributed by atoms with Crippen LogP contribution >= 0.6 is 11.3 Å². The molecule has 26 heavy (non-hydrogen) atoms. The summed E-state index contributed by atoms with van der Waals surface area (Å²) in [5, 5.41) is 9.83. The zero-order chi connectivity index (χ0) is 18.4. The van der Waals surface area contributed by atoms with Gasteiger partial charge in [-0.2, -0.15) is 0 Å². The molecule has 1 fully saturated rings. The summed E-state index contributed by atoms with van der Waals surface area (Å²) in [6, 6.07) is 8.13. The molecule has 2 heterocycles. The Hall–Kier alpha value is -2.41. The fraction of sp³-hybridized carbons (Fsp3) is 0.421.